The maximum Gasteiger partial charge on any atom is 0.310 e. The van der Waals surface area contributed by atoms with Gasteiger partial charge in [0.1, 0.15) is 0 Å². The molecule has 1 N–H and O–H groups in total. The summed E-state index contributed by atoms with van der Waals surface area (Å²) in [5, 5.41) is 20.3. The first-order chi connectivity index (χ1) is 7.47. The molecule has 0 aliphatic carbocycles. The van der Waals surface area contributed by atoms with Crippen molar-refractivity contribution in [1.82, 2.24) is 20.2 Å². The molecular weight excluding hydrogens is 208 g/mol. The highest BCUT2D eigenvalue weighted by atomic mass is 16.4. The Balaban J connectivity index is 2.73. The molecule has 1 rings (SSSR count). The average molecular weight is 226 g/mol. The molecule has 1 heterocycles. The van der Waals surface area contributed by atoms with Crippen LogP contribution in [-0.4, -0.2) is 31.3 Å². The van der Waals surface area contributed by atoms with E-state index in [-0.39, 0.29) is 0 Å². The van der Waals surface area contributed by atoms with Crippen molar-refractivity contribution < 1.29 is 9.90 Å². The SMILES string of the molecule is CCCCc1nnnn1CC(C)(C)C(=O)O. The van der Waals surface area contributed by atoms with Crippen molar-refractivity contribution in [2.75, 3.05) is 0 Å². The van der Waals surface area contributed by atoms with Crippen LogP contribution in [0.25, 0.3) is 0 Å². The molecule has 6 nitrogen and oxygen atoms in total. The van der Waals surface area contributed by atoms with E-state index in [0.29, 0.717) is 6.54 Å². The lowest BCUT2D eigenvalue weighted by Crippen LogP contribution is -2.30. The zero-order valence-electron chi connectivity index (χ0n) is 9.97. The van der Waals surface area contributed by atoms with E-state index in [9.17, 15) is 4.79 Å². The van der Waals surface area contributed by atoms with Gasteiger partial charge >= 0.3 is 5.97 Å². The average Bonchev–Trinajstić information content (AvgIpc) is 2.61. The van der Waals surface area contributed by atoms with Crippen LogP contribution in [0.4, 0.5) is 0 Å². The van der Waals surface area contributed by atoms with Crippen molar-refractivity contribution in [3.05, 3.63) is 5.82 Å². The molecule has 0 aliphatic rings. The highest BCUT2D eigenvalue weighted by Crippen LogP contribution is 2.18. The van der Waals surface area contributed by atoms with E-state index in [0.717, 1.165) is 25.1 Å². The molecule has 0 aliphatic heterocycles. The number of tetrazole rings is 1. The van der Waals surface area contributed by atoms with Crippen LogP contribution in [0, 0.1) is 5.41 Å². The van der Waals surface area contributed by atoms with Crippen LogP contribution in [0.1, 0.15) is 39.4 Å². The number of aromatic nitrogens is 4. The third-order valence-electron chi connectivity index (χ3n) is 2.48. The highest BCUT2D eigenvalue weighted by molar-refractivity contribution is 5.73. The van der Waals surface area contributed by atoms with Gasteiger partial charge in [-0.2, -0.15) is 0 Å². The third-order valence-corrected chi connectivity index (χ3v) is 2.48. The minimum atomic E-state index is -0.851. The number of aryl methyl sites for hydroxylation is 1. The third kappa shape index (κ3) is 3.01. The molecule has 16 heavy (non-hydrogen) atoms. The summed E-state index contributed by atoms with van der Waals surface area (Å²) in [7, 11) is 0. The Labute approximate surface area is 94.7 Å². The van der Waals surface area contributed by atoms with Crippen molar-refractivity contribution in [2.45, 2.75) is 46.6 Å². The second-order valence-electron chi connectivity index (χ2n) is 4.55. The minimum absolute atomic E-state index is 0.300. The lowest BCUT2D eigenvalue weighted by atomic mass is 9.94. The van der Waals surface area contributed by atoms with Crippen molar-refractivity contribution in [2.24, 2.45) is 5.41 Å². The van der Waals surface area contributed by atoms with Crippen molar-refractivity contribution in [3.63, 3.8) is 0 Å². The van der Waals surface area contributed by atoms with Gasteiger partial charge in [0.25, 0.3) is 0 Å². The van der Waals surface area contributed by atoms with E-state index < -0.39 is 11.4 Å². The predicted octanol–water partition coefficient (Wildman–Crippen LogP) is 1.13. The Bertz CT molecular complexity index is 359. The zero-order chi connectivity index (χ0) is 12.2. The van der Waals surface area contributed by atoms with Gasteiger partial charge in [0.15, 0.2) is 5.82 Å². The van der Waals surface area contributed by atoms with E-state index in [1.165, 1.54) is 0 Å². The Kier molecular flexibility index (Phi) is 3.98. The highest BCUT2D eigenvalue weighted by Gasteiger charge is 2.29. The van der Waals surface area contributed by atoms with Gasteiger partial charge in [0, 0.05) is 6.42 Å². The van der Waals surface area contributed by atoms with Crippen LogP contribution in [0.2, 0.25) is 0 Å². The van der Waals surface area contributed by atoms with Gasteiger partial charge in [-0.05, 0) is 30.7 Å². The molecular formula is C10H18N4O2. The first kappa shape index (κ1) is 12.6. The van der Waals surface area contributed by atoms with Gasteiger partial charge in [-0.15, -0.1) is 5.10 Å². The van der Waals surface area contributed by atoms with Crippen molar-refractivity contribution in [3.8, 4) is 0 Å². The first-order valence-corrected chi connectivity index (χ1v) is 5.46. The van der Waals surface area contributed by atoms with Crippen LogP contribution in [0.3, 0.4) is 0 Å². The Morgan fingerprint density at radius 3 is 2.75 bits per heavy atom. The lowest BCUT2D eigenvalue weighted by Gasteiger charge is -2.18. The zero-order valence-corrected chi connectivity index (χ0v) is 9.97. The van der Waals surface area contributed by atoms with Crippen LogP contribution in [0.15, 0.2) is 0 Å². The summed E-state index contributed by atoms with van der Waals surface area (Å²) in [5.41, 5.74) is -0.851. The van der Waals surface area contributed by atoms with Gasteiger partial charge in [-0.25, -0.2) is 4.68 Å². The molecule has 0 saturated heterocycles. The van der Waals surface area contributed by atoms with Crippen LogP contribution in [0.5, 0.6) is 0 Å². The quantitative estimate of drug-likeness (QED) is 0.786. The number of carboxylic acids is 1. The maximum atomic E-state index is 11.0. The Hall–Kier alpha value is -1.46. The molecule has 0 radical (unpaired) electrons. The van der Waals surface area contributed by atoms with E-state index in [1.54, 1.807) is 18.5 Å². The second kappa shape index (κ2) is 5.05. The fraction of sp³-hybridized carbons (Fsp3) is 0.800. The monoisotopic (exact) mass is 226 g/mol. The molecule has 0 saturated carbocycles. The normalized spacial score (nSPS) is 11.7. The fourth-order valence-electron chi connectivity index (χ4n) is 1.30. The fourth-order valence-corrected chi connectivity index (χ4v) is 1.30. The molecule has 6 heteroatoms. The molecule has 0 unspecified atom stereocenters. The van der Waals surface area contributed by atoms with Crippen LogP contribution >= 0.6 is 0 Å². The molecule has 1 aromatic rings. The Morgan fingerprint density at radius 2 is 2.19 bits per heavy atom. The van der Waals surface area contributed by atoms with Gasteiger partial charge < -0.3 is 5.11 Å². The number of hydrogen-bond acceptors (Lipinski definition) is 4. The lowest BCUT2D eigenvalue weighted by molar-refractivity contribution is -0.147. The smallest absolute Gasteiger partial charge is 0.310 e. The van der Waals surface area contributed by atoms with Gasteiger partial charge in [-0.3, -0.25) is 4.79 Å². The number of hydrogen-bond donors (Lipinski definition) is 1. The summed E-state index contributed by atoms with van der Waals surface area (Å²) < 4.78 is 1.59. The molecule has 0 atom stereocenters. The van der Waals surface area contributed by atoms with Crippen LogP contribution in [-0.2, 0) is 17.8 Å². The van der Waals surface area contributed by atoms with E-state index in [4.69, 9.17) is 5.11 Å². The summed E-state index contributed by atoms with van der Waals surface area (Å²) in [6.07, 6.45) is 2.86. The van der Waals surface area contributed by atoms with Gasteiger partial charge in [0.05, 0.1) is 12.0 Å². The molecule has 0 amide bonds. The standard InChI is InChI=1S/C10H18N4O2/c1-4-5-6-8-11-12-13-14(8)7-10(2,3)9(15)16/h4-7H2,1-3H3,(H,15,16). The summed E-state index contributed by atoms with van der Waals surface area (Å²) in [6, 6.07) is 0. The largest absolute Gasteiger partial charge is 0.481 e. The summed E-state index contributed by atoms with van der Waals surface area (Å²) in [6.45, 7) is 5.73. The summed E-state index contributed by atoms with van der Waals surface area (Å²) in [4.78, 5) is 11.0. The second-order valence-corrected chi connectivity index (χ2v) is 4.55. The maximum absolute atomic E-state index is 11.0. The number of carboxylic acid groups (broad SMARTS) is 1. The molecule has 0 fully saturated rings. The number of carbonyl (C=O) groups is 1. The summed E-state index contributed by atoms with van der Waals surface area (Å²) >= 11 is 0. The van der Waals surface area contributed by atoms with E-state index >= 15 is 0 Å². The predicted molar refractivity (Wildman–Crippen MR) is 57.8 cm³/mol. The molecule has 0 spiro atoms. The number of nitrogens with zero attached hydrogens (tertiary/aromatic N) is 4. The number of rotatable bonds is 6. The van der Waals surface area contributed by atoms with E-state index in [2.05, 4.69) is 22.4 Å². The Morgan fingerprint density at radius 1 is 1.50 bits per heavy atom. The van der Waals surface area contributed by atoms with Crippen molar-refractivity contribution in [1.29, 1.82) is 0 Å². The minimum Gasteiger partial charge on any atom is -0.481 e. The molecule has 0 bridgehead atoms. The molecule has 90 valence electrons. The number of unbranched alkanes of at least 4 members (excludes halogenated alkanes) is 1. The molecule has 1 aromatic heterocycles. The van der Waals surface area contributed by atoms with Gasteiger partial charge in [-0.1, -0.05) is 13.3 Å². The van der Waals surface area contributed by atoms with E-state index in [1.807, 2.05) is 0 Å². The topological polar surface area (TPSA) is 80.9 Å². The number of aliphatic carboxylic acids is 1. The van der Waals surface area contributed by atoms with Crippen LogP contribution < -0.4 is 0 Å². The summed E-state index contributed by atoms with van der Waals surface area (Å²) in [5.74, 6) is -0.0828. The molecule has 0 aromatic carbocycles. The van der Waals surface area contributed by atoms with Gasteiger partial charge in [0.2, 0.25) is 0 Å². The first-order valence-electron chi connectivity index (χ1n) is 5.46. The van der Waals surface area contributed by atoms with Crippen molar-refractivity contribution >= 4 is 5.97 Å².